The zero-order valence-corrected chi connectivity index (χ0v) is 11.6. The van der Waals surface area contributed by atoms with Crippen LogP contribution in [0.25, 0.3) is 0 Å². The lowest BCUT2D eigenvalue weighted by Gasteiger charge is -2.28. The molecule has 1 heterocycles. The Bertz CT molecular complexity index is 392. The summed E-state index contributed by atoms with van der Waals surface area (Å²) in [7, 11) is 0. The van der Waals surface area contributed by atoms with E-state index in [1.165, 1.54) is 25.0 Å². The van der Waals surface area contributed by atoms with Crippen LogP contribution in [0.4, 0.5) is 0 Å². The van der Waals surface area contributed by atoms with Gasteiger partial charge < -0.3 is 15.0 Å². The predicted octanol–water partition coefficient (Wildman–Crippen LogP) is 2.44. The van der Waals surface area contributed by atoms with Crippen molar-refractivity contribution in [1.82, 2.24) is 9.55 Å². The number of hydrogen-bond acceptors (Lipinski definition) is 3. The topological polar surface area (TPSA) is 53.1 Å². The highest BCUT2D eigenvalue weighted by Crippen LogP contribution is 2.35. The van der Waals surface area contributed by atoms with E-state index in [1.807, 2.05) is 12.5 Å². The minimum absolute atomic E-state index is 0.402. The first-order valence-electron chi connectivity index (χ1n) is 7.70. The molecular formula is C15H25N3O. The van der Waals surface area contributed by atoms with Gasteiger partial charge in [-0.2, -0.15) is 0 Å². The average Bonchev–Trinajstić information content (AvgIpc) is 2.78. The van der Waals surface area contributed by atoms with Crippen molar-refractivity contribution in [2.45, 2.75) is 69.6 Å². The third-order valence-corrected chi connectivity index (χ3v) is 4.67. The lowest BCUT2D eigenvalue weighted by atomic mass is 9.83. The van der Waals surface area contributed by atoms with Crippen molar-refractivity contribution in [3.8, 4) is 0 Å². The molecule has 0 atom stereocenters. The molecule has 0 amide bonds. The van der Waals surface area contributed by atoms with Crippen LogP contribution in [0.3, 0.4) is 0 Å². The zero-order valence-electron chi connectivity index (χ0n) is 11.6. The SMILES string of the molecule is NC1CCC(OCCn2cncc2C2CCC2)CC1. The molecule has 2 aliphatic rings. The van der Waals surface area contributed by atoms with Crippen molar-refractivity contribution in [2.24, 2.45) is 5.73 Å². The van der Waals surface area contributed by atoms with Crippen molar-refractivity contribution in [3.63, 3.8) is 0 Å². The highest BCUT2D eigenvalue weighted by Gasteiger charge is 2.23. The van der Waals surface area contributed by atoms with Gasteiger partial charge in [-0.15, -0.1) is 0 Å². The number of nitrogens with zero attached hydrogens (tertiary/aromatic N) is 2. The minimum atomic E-state index is 0.402. The fraction of sp³-hybridized carbons (Fsp3) is 0.800. The van der Waals surface area contributed by atoms with Gasteiger partial charge in [0, 0.05) is 30.4 Å². The molecule has 2 N–H and O–H groups in total. The number of aromatic nitrogens is 2. The Kier molecular flexibility index (Phi) is 4.18. The molecule has 19 heavy (non-hydrogen) atoms. The van der Waals surface area contributed by atoms with E-state index in [0.29, 0.717) is 12.1 Å². The first-order chi connectivity index (χ1) is 9.33. The maximum atomic E-state index is 5.99. The third-order valence-electron chi connectivity index (χ3n) is 4.67. The standard InChI is InChI=1S/C15H25N3O/c16-13-4-6-14(7-5-13)19-9-8-18-11-17-10-15(18)12-2-1-3-12/h10-14H,1-9,16H2. The summed E-state index contributed by atoms with van der Waals surface area (Å²) in [6.07, 6.45) is 12.9. The summed E-state index contributed by atoms with van der Waals surface area (Å²) in [5, 5.41) is 0. The van der Waals surface area contributed by atoms with Crippen LogP contribution in [0.15, 0.2) is 12.5 Å². The summed E-state index contributed by atoms with van der Waals surface area (Å²) in [4.78, 5) is 4.29. The summed E-state index contributed by atoms with van der Waals surface area (Å²) in [6.45, 7) is 1.74. The monoisotopic (exact) mass is 263 g/mol. The second-order valence-corrected chi connectivity index (χ2v) is 6.05. The number of imidazole rings is 1. The molecule has 2 saturated carbocycles. The van der Waals surface area contributed by atoms with Crippen LogP contribution in [0.2, 0.25) is 0 Å². The highest BCUT2D eigenvalue weighted by molar-refractivity contribution is 5.09. The van der Waals surface area contributed by atoms with Crippen LogP contribution in [-0.4, -0.2) is 28.3 Å². The van der Waals surface area contributed by atoms with E-state index < -0.39 is 0 Å². The largest absolute Gasteiger partial charge is 0.376 e. The van der Waals surface area contributed by atoms with E-state index in [4.69, 9.17) is 10.5 Å². The molecule has 0 saturated heterocycles. The molecule has 0 radical (unpaired) electrons. The minimum Gasteiger partial charge on any atom is -0.376 e. The van der Waals surface area contributed by atoms with Crippen LogP contribution >= 0.6 is 0 Å². The van der Waals surface area contributed by atoms with Gasteiger partial charge in [-0.1, -0.05) is 6.42 Å². The number of hydrogen-bond donors (Lipinski definition) is 1. The normalized spacial score (nSPS) is 28.3. The van der Waals surface area contributed by atoms with Crippen LogP contribution in [-0.2, 0) is 11.3 Å². The van der Waals surface area contributed by atoms with E-state index in [2.05, 4.69) is 9.55 Å². The molecule has 2 aliphatic carbocycles. The van der Waals surface area contributed by atoms with Gasteiger partial charge in [-0.3, -0.25) is 0 Å². The number of ether oxygens (including phenoxy) is 1. The quantitative estimate of drug-likeness (QED) is 0.887. The molecule has 4 heteroatoms. The Balaban J connectivity index is 1.43. The lowest BCUT2D eigenvalue weighted by molar-refractivity contribution is 0.0205. The second-order valence-electron chi connectivity index (χ2n) is 6.05. The van der Waals surface area contributed by atoms with E-state index in [1.54, 1.807) is 0 Å². The second kappa shape index (κ2) is 6.06. The number of rotatable bonds is 5. The van der Waals surface area contributed by atoms with Crippen molar-refractivity contribution >= 4 is 0 Å². The molecule has 0 bridgehead atoms. The van der Waals surface area contributed by atoms with E-state index in [9.17, 15) is 0 Å². The van der Waals surface area contributed by atoms with Crippen LogP contribution in [0.5, 0.6) is 0 Å². The summed E-state index contributed by atoms with van der Waals surface area (Å²) in [5.41, 5.74) is 7.31. The predicted molar refractivity (Wildman–Crippen MR) is 75.0 cm³/mol. The molecule has 1 aromatic heterocycles. The van der Waals surface area contributed by atoms with Crippen LogP contribution < -0.4 is 5.73 Å². The van der Waals surface area contributed by atoms with Crippen molar-refractivity contribution < 1.29 is 4.74 Å². The van der Waals surface area contributed by atoms with Gasteiger partial charge in [0.15, 0.2) is 0 Å². The fourth-order valence-corrected chi connectivity index (χ4v) is 3.13. The molecule has 0 aromatic carbocycles. The summed E-state index contributed by atoms with van der Waals surface area (Å²) in [6, 6.07) is 0.402. The Morgan fingerprint density at radius 1 is 1.21 bits per heavy atom. The molecule has 0 spiro atoms. The molecule has 0 aliphatic heterocycles. The zero-order chi connectivity index (χ0) is 13.1. The van der Waals surface area contributed by atoms with Gasteiger partial charge in [-0.05, 0) is 38.5 Å². The van der Waals surface area contributed by atoms with Gasteiger partial charge >= 0.3 is 0 Å². The summed E-state index contributed by atoms with van der Waals surface area (Å²) in [5.74, 6) is 0.746. The number of nitrogens with two attached hydrogens (primary N) is 1. The lowest BCUT2D eigenvalue weighted by Crippen LogP contribution is -2.30. The first-order valence-corrected chi connectivity index (χ1v) is 7.70. The summed E-state index contributed by atoms with van der Waals surface area (Å²) >= 11 is 0. The molecule has 0 unspecified atom stereocenters. The Hall–Kier alpha value is -0.870. The summed E-state index contributed by atoms with van der Waals surface area (Å²) < 4.78 is 8.26. The van der Waals surface area contributed by atoms with Crippen LogP contribution in [0.1, 0.15) is 56.6 Å². The fourth-order valence-electron chi connectivity index (χ4n) is 3.13. The van der Waals surface area contributed by atoms with E-state index in [-0.39, 0.29) is 0 Å². The van der Waals surface area contributed by atoms with Gasteiger partial charge in [0.1, 0.15) is 0 Å². The molecule has 106 valence electrons. The smallest absolute Gasteiger partial charge is 0.0949 e. The molecular weight excluding hydrogens is 238 g/mol. The van der Waals surface area contributed by atoms with Crippen LogP contribution in [0, 0.1) is 0 Å². The Morgan fingerprint density at radius 2 is 2.00 bits per heavy atom. The maximum absolute atomic E-state index is 5.99. The van der Waals surface area contributed by atoms with Crippen molar-refractivity contribution in [3.05, 3.63) is 18.2 Å². The Morgan fingerprint density at radius 3 is 2.68 bits per heavy atom. The molecule has 3 rings (SSSR count). The molecule has 1 aromatic rings. The molecule has 2 fully saturated rings. The van der Waals surface area contributed by atoms with Gasteiger partial charge in [0.05, 0.1) is 19.0 Å². The average molecular weight is 263 g/mol. The maximum Gasteiger partial charge on any atom is 0.0949 e. The Labute approximate surface area is 115 Å². The van der Waals surface area contributed by atoms with E-state index >= 15 is 0 Å². The molecule has 4 nitrogen and oxygen atoms in total. The van der Waals surface area contributed by atoms with Crippen molar-refractivity contribution in [2.75, 3.05) is 6.61 Å². The highest BCUT2D eigenvalue weighted by atomic mass is 16.5. The van der Waals surface area contributed by atoms with Gasteiger partial charge in [-0.25, -0.2) is 4.98 Å². The van der Waals surface area contributed by atoms with Gasteiger partial charge in [0.25, 0.3) is 0 Å². The van der Waals surface area contributed by atoms with Gasteiger partial charge in [0.2, 0.25) is 0 Å². The van der Waals surface area contributed by atoms with E-state index in [0.717, 1.165) is 44.8 Å². The van der Waals surface area contributed by atoms with Crippen molar-refractivity contribution in [1.29, 1.82) is 0 Å². The third kappa shape index (κ3) is 3.18. The first kappa shape index (κ1) is 13.1.